The molecule has 4 rings (SSSR count). The van der Waals surface area contributed by atoms with Crippen LogP contribution in [0.5, 0.6) is 11.5 Å². The van der Waals surface area contributed by atoms with Gasteiger partial charge >= 0.3 is 0 Å². The van der Waals surface area contributed by atoms with Crippen LogP contribution in [0.1, 0.15) is 0 Å². The smallest absolute Gasteiger partial charge is 0.156 e. The third-order valence-corrected chi connectivity index (χ3v) is 9.93. The van der Waals surface area contributed by atoms with Crippen molar-refractivity contribution in [1.29, 1.82) is 0 Å². The lowest BCUT2D eigenvalue weighted by Gasteiger charge is -2.18. The van der Waals surface area contributed by atoms with Crippen LogP contribution < -0.4 is 4.74 Å². The fourth-order valence-corrected chi connectivity index (χ4v) is 7.46. The summed E-state index contributed by atoms with van der Waals surface area (Å²) >= 11 is 29.3. The molecular weight excluding hydrogens is 943 g/mol. The van der Waals surface area contributed by atoms with Crippen molar-refractivity contribution in [3.8, 4) is 33.8 Å². The first-order valence-electron chi connectivity index (χ1n) is 9.22. The molecule has 0 unspecified atom stereocenters. The lowest BCUT2D eigenvalue weighted by Crippen LogP contribution is -1.94. The second-order valence-corrected chi connectivity index (χ2v) is 13.7. The molecule has 0 N–H and O–H groups in total. The van der Waals surface area contributed by atoms with Gasteiger partial charge in [-0.25, -0.2) is 0 Å². The van der Waals surface area contributed by atoms with Gasteiger partial charge in [-0.2, -0.15) is 0 Å². The Morgan fingerprint density at radius 2 is 0.758 bits per heavy atom. The molecule has 0 heterocycles. The van der Waals surface area contributed by atoms with Crippen LogP contribution in [0.2, 0.25) is 0 Å². The largest absolute Gasteiger partial charge is 0.453 e. The van der Waals surface area contributed by atoms with Crippen molar-refractivity contribution in [2.45, 2.75) is 0 Å². The average Bonchev–Trinajstić information content (AvgIpc) is 2.77. The molecular formula is C24H10Br8O. The van der Waals surface area contributed by atoms with Crippen LogP contribution in [-0.4, -0.2) is 0 Å². The summed E-state index contributed by atoms with van der Waals surface area (Å²) in [5.74, 6) is 1.34. The van der Waals surface area contributed by atoms with Gasteiger partial charge in [0.2, 0.25) is 0 Å². The first-order valence-corrected chi connectivity index (χ1v) is 15.6. The number of ether oxygens (including phenoxy) is 1. The Balaban J connectivity index is 1.85. The molecule has 0 radical (unpaired) electrons. The molecule has 4 aromatic carbocycles. The highest BCUT2D eigenvalue weighted by Gasteiger charge is 2.20. The van der Waals surface area contributed by atoms with Crippen molar-refractivity contribution in [2.24, 2.45) is 0 Å². The van der Waals surface area contributed by atoms with E-state index in [2.05, 4.69) is 140 Å². The van der Waals surface area contributed by atoms with E-state index in [4.69, 9.17) is 4.74 Å². The minimum Gasteiger partial charge on any atom is -0.453 e. The van der Waals surface area contributed by atoms with E-state index >= 15 is 0 Å². The summed E-state index contributed by atoms with van der Waals surface area (Å²) < 4.78 is 13.8. The maximum atomic E-state index is 6.52. The Labute approximate surface area is 259 Å². The predicted octanol–water partition coefficient (Wildman–Crippen LogP) is 12.9. The topological polar surface area (TPSA) is 9.23 Å². The molecule has 0 spiro atoms. The fourth-order valence-electron chi connectivity index (χ4n) is 3.18. The second kappa shape index (κ2) is 11.3. The molecule has 0 fully saturated rings. The monoisotopic (exact) mass is 945 g/mol. The number of hydrogen-bond acceptors (Lipinski definition) is 1. The number of halogens is 8. The molecule has 0 saturated heterocycles. The standard InChI is InChI=1S/C24H10Br8O/c25-11-1-5-17(27)15(9-11)13-3-7-19(29)23(21(13)31)33-24-20(30)8-4-14(22(24)32)16-10-12(26)2-6-18(16)28/h1-10H. The van der Waals surface area contributed by atoms with Crippen molar-refractivity contribution in [1.82, 2.24) is 0 Å². The lowest BCUT2D eigenvalue weighted by atomic mass is 10.1. The highest BCUT2D eigenvalue weighted by Crippen LogP contribution is 2.49. The van der Waals surface area contributed by atoms with Crippen molar-refractivity contribution in [3.05, 3.63) is 96.4 Å². The summed E-state index contributed by atoms with van der Waals surface area (Å²) in [7, 11) is 0. The van der Waals surface area contributed by atoms with Crippen LogP contribution in [-0.2, 0) is 0 Å². The zero-order chi connectivity index (χ0) is 23.9. The van der Waals surface area contributed by atoms with E-state index < -0.39 is 0 Å². The second-order valence-electron chi connectivity index (χ2n) is 6.83. The van der Waals surface area contributed by atoms with E-state index in [0.717, 1.165) is 58.0 Å². The molecule has 0 saturated carbocycles. The maximum absolute atomic E-state index is 6.52. The van der Waals surface area contributed by atoms with Crippen LogP contribution in [0, 0.1) is 0 Å². The Hall–Kier alpha value is 0.520. The van der Waals surface area contributed by atoms with Gasteiger partial charge in [-0.3, -0.25) is 0 Å². The number of benzene rings is 4. The van der Waals surface area contributed by atoms with Gasteiger partial charge in [0.05, 0.1) is 17.9 Å². The molecule has 0 aliphatic carbocycles. The molecule has 4 aromatic rings. The van der Waals surface area contributed by atoms with Gasteiger partial charge in [-0.05, 0) is 123 Å². The van der Waals surface area contributed by atoms with Gasteiger partial charge in [0.1, 0.15) is 0 Å². The summed E-state index contributed by atoms with van der Waals surface area (Å²) in [6.45, 7) is 0. The van der Waals surface area contributed by atoms with E-state index in [1.807, 2.05) is 48.5 Å². The molecule has 0 amide bonds. The molecule has 1 nitrogen and oxygen atoms in total. The molecule has 9 heteroatoms. The van der Waals surface area contributed by atoms with Gasteiger partial charge in [-0.15, -0.1) is 0 Å². The molecule has 0 aliphatic rings. The average molecular weight is 954 g/mol. The molecule has 33 heavy (non-hydrogen) atoms. The van der Waals surface area contributed by atoms with Gasteiger partial charge < -0.3 is 4.74 Å². The summed E-state index contributed by atoms with van der Waals surface area (Å²) in [6.07, 6.45) is 0. The SMILES string of the molecule is Brc1ccc(Br)c(-c2ccc(Br)c(Oc3c(Br)ccc(-c4cc(Br)ccc4Br)c3Br)c2Br)c1. The first kappa shape index (κ1) is 26.6. The van der Waals surface area contributed by atoms with Crippen LogP contribution in [0.3, 0.4) is 0 Å². The lowest BCUT2D eigenvalue weighted by molar-refractivity contribution is 0.471. The Morgan fingerprint density at radius 1 is 0.394 bits per heavy atom. The van der Waals surface area contributed by atoms with Crippen molar-refractivity contribution in [3.63, 3.8) is 0 Å². The summed E-state index contributed by atoms with van der Waals surface area (Å²) in [5.41, 5.74) is 4.08. The number of rotatable bonds is 4. The van der Waals surface area contributed by atoms with E-state index in [9.17, 15) is 0 Å². The zero-order valence-electron chi connectivity index (χ0n) is 16.2. The van der Waals surface area contributed by atoms with E-state index in [1.54, 1.807) is 0 Å². The highest BCUT2D eigenvalue weighted by molar-refractivity contribution is 9.12. The minimum atomic E-state index is 0.672. The van der Waals surface area contributed by atoms with Gasteiger partial charge in [0, 0.05) is 29.0 Å². The third-order valence-electron chi connectivity index (χ3n) is 4.74. The van der Waals surface area contributed by atoms with Crippen molar-refractivity contribution in [2.75, 3.05) is 0 Å². The predicted molar refractivity (Wildman–Crippen MR) is 165 cm³/mol. The quantitative estimate of drug-likeness (QED) is 0.198. The molecule has 0 atom stereocenters. The molecule has 0 aliphatic heterocycles. The van der Waals surface area contributed by atoms with Gasteiger partial charge in [-0.1, -0.05) is 75.9 Å². The van der Waals surface area contributed by atoms with Crippen molar-refractivity contribution >= 4 is 127 Å². The van der Waals surface area contributed by atoms with Crippen LogP contribution in [0.4, 0.5) is 0 Å². The van der Waals surface area contributed by atoms with Crippen LogP contribution in [0.25, 0.3) is 22.3 Å². The van der Waals surface area contributed by atoms with E-state index in [1.165, 1.54) is 0 Å². The van der Waals surface area contributed by atoms with Crippen molar-refractivity contribution < 1.29 is 4.74 Å². The fraction of sp³-hybridized carbons (Fsp3) is 0. The summed E-state index contributed by atoms with van der Waals surface area (Å²) in [5, 5.41) is 0. The van der Waals surface area contributed by atoms with E-state index in [-0.39, 0.29) is 0 Å². The minimum absolute atomic E-state index is 0.672. The third kappa shape index (κ3) is 5.76. The Kier molecular flexibility index (Phi) is 9.08. The first-order chi connectivity index (χ1) is 15.7. The Morgan fingerprint density at radius 3 is 1.15 bits per heavy atom. The van der Waals surface area contributed by atoms with E-state index in [0.29, 0.717) is 11.5 Å². The highest BCUT2D eigenvalue weighted by atomic mass is 79.9. The summed E-state index contributed by atoms with van der Waals surface area (Å²) in [6, 6.07) is 20.2. The molecule has 0 aromatic heterocycles. The Bertz CT molecular complexity index is 1280. The summed E-state index contributed by atoms with van der Waals surface area (Å²) in [4.78, 5) is 0. The van der Waals surface area contributed by atoms with Crippen LogP contribution >= 0.6 is 127 Å². The molecule has 0 bridgehead atoms. The maximum Gasteiger partial charge on any atom is 0.156 e. The molecule has 168 valence electrons. The number of hydrogen-bond donors (Lipinski definition) is 0. The van der Waals surface area contributed by atoms with Gasteiger partial charge in [0.25, 0.3) is 0 Å². The zero-order valence-corrected chi connectivity index (χ0v) is 28.9. The van der Waals surface area contributed by atoms with Gasteiger partial charge in [0.15, 0.2) is 11.5 Å². The van der Waals surface area contributed by atoms with Crippen LogP contribution in [0.15, 0.2) is 96.4 Å². The normalized spacial score (nSPS) is 11.0.